The van der Waals surface area contributed by atoms with Gasteiger partial charge in [-0.05, 0) is 50.8 Å². The molecular formula is C30H47AlO2. The molecule has 2 rings (SSSR count). The Kier molecular flexibility index (Phi) is 7.57. The minimum atomic E-state index is -0.720. The standard InChI is InChI=1S/C30H45O2.Al.2H/c1-20(31-25-21(27(2,3)4)16-14-17-22(25)28(5,6)7)32-26-23(29(8,9)10)18-15-19-24(26)30(11,12)13;;;/h14-19H,1-13H3;;;. The van der Waals surface area contributed by atoms with E-state index in [0.29, 0.717) is 16.3 Å². The summed E-state index contributed by atoms with van der Waals surface area (Å²) in [5, 5.41) is 0. The molecule has 182 valence electrons. The lowest BCUT2D eigenvalue weighted by molar-refractivity contribution is -0.0263. The molecule has 3 heteroatoms. The quantitative estimate of drug-likeness (QED) is 0.340. The maximum absolute atomic E-state index is 6.90. The van der Waals surface area contributed by atoms with Gasteiger partial charge in [0.2, 0.25) is 0 Å². The van der Waals surface area contributed by atoms with Crippen LogP contribution >= 0.6 is 0 Å². The van der Waals surface area contributed by atoms with Crippen LogP contribution in [0.15, 0.2) is 36.4 Å². The summed E-state index contributed by atoms with van der Waals surface area (Å²) < 4.78 is 13.1. The van der Waals surface area contributed by atoms with Gasteiger partial charge < -0.3 is 9.47 Å². The molecule has 0 bridgehead atoms. The van der Waals surface area contributed by atoms with E-state index in [4.69, 9.17) is 9.47 Å². The summed E-state index contributed by atoms with van der Waals surface area (Å²) in [6, 6.07) is 13.1. The van der Waals surface area contributed by atoms with Crippen molar-refractivity contribution in [3.05, 3.63) is 58.7 Å². The molecule has 0 aliphatic carbocycles. The maximum Gasteiger partial charge on any atom is 0.349 e. The van der Waals surface area contributed by atoms with Crippen LogP contribution in [0.3, 0.4) is 0 Å². The third kappa shape index (κ3) is 6.80. The Morgan fingerprint density at radius 1 is 0.455 bits per heavy atom. The van der Waals surface area contributed by atoms with Gasteiger partial charge in [-0.2, -0.15) is 0 Å². The summed E-state index contributed by atoms with van der Waals surface area (Å²) in [7, 11) is 0. The van der Waals surface area contributed by atoms with Gasteiger partial charge in [-0.15, -0.1) is 0 Å². The van der Waals surface area contributed by atoms with Gasteiger partial charge in [0.25, 0.3) is 0 Å². The Hall–Kier alpha value is -1.43. The molecule has 2 aromatic rings. The Bertz CT molecular complexity index is 830. The number of para-hydroxylation sites is 2. The fourth-order valence-electron chi connectivity index (χ4n) is 4.17. The second-order valence-electron chi connectivity index (χ2n) is 14.0. The fraction of sp³-hybridized carbons (Fsp3) is 0.600. The van der Waals surface area contributed by atoms with E-state index >= 15 is 0 Å². The van der Waals surface area contributed by atoms with Crippen LogP contribution in [0.2, 0.25) is 0 Å². The second-order valence-corrected chi connectivity index (χ2v) is 15.8. The zero-order chi connectivity index (χ0) is 25.6. The zero-order valence-electron chi connectivity index (χ0n) is 23.8. The average molecular weight is 467 g/mol. The minimum Gasteiger partial charge on any atom is -0.469 e. The summed E-state index contributed by atoms with van der Waals surface area (Å²) in [5.41, 5.74) is 4.76. The summed E-state index contributed by atoms with van der Waals surface area (Å²) in [5.74, 6) is 1.95. The maximum atomic E-state index is 6.90. The van der Waals surface area contributed by atoms with Crippen molar-refractivity contribution in [1.29, 1.82) is 0 Å². The van der Waals surface area contributed by atoms with E-state index in [-0.39, 0.29) is 21.7 Å². The first-order valence-corrected chi connectivity index (χ1v) is 13.3. The normalized spacial score (nSPS) is 13.7. The van der Waals surface area contributed by atoms with Crippen molar-refractivity contribution in [1.82, 2.24) is 0 Å². The highest BCUT2D eigenvalue weighted by Gasteiger charge is 2.34. The van der Waals surface area contributed by atoms with E-state index in [2.05, 4.69) is 126 Å². The molecule has 0 aliphatic rings. The lowest BCUT2D eigenvalue weighted by Gasteiger charge is -2.38. The highest BCUT2D eigenvalue weighted by Crippen LogP contribution is 2.44. The van der Waals surface area contributed by atoms with Gasteiger partial charge in [0.15, 0.2) is 4.65 Å². The molecule has 2 aromatic carbocycles. The molecule has 0 saturated heterocycles. The predicted octanol–water partition coefficient (Wildman–Crippen LogP) is 7.64. The van der Waals surface area contributed by atoms with Crippen LogP contribution in [0.5, 0.6) is 11.5 Å². The molecule has 0 heterocycles. The molecule has 0 saturated carbocycles. The van der Waals surface area contributed by atoms with Crippen molar-refractivity contribution in [2.45, 2.75) is 116 Å². The molecule has 2 nitrogen and oxygen atoms in total. The molecule has 0 fully saturated rings. The molecule has 0 spiro atoms. The Morgan fingerprint density at radius 3 is 0.848 bits per heavy atom. The van der Waals surface area contributed by atoms with Gasteiger partial charge in [-0.3, -0.25) is 0 Å². The van der Waals surface area contributed by atoms with E-state index in [9.17, 15) is 0 Å². The number of hydrogen-bond donors (Lipinski definition) is 0. The van der Waals surface area contributed by atoms with E-state index < -0.39 is 4.65 Å². The van der Waals surface area contributed by atoms with E-state index in [1.165, 1.54) is 22.3 Å². The topological polar surface area (TPSA) is 18.5 Å². The first-order chi connectivity index (χ1) is 14.6. The minimum absolute atomic E-state index is 0.0336. The number of benzene rings is 2. The number of ether oxygens (including phenoxy) is 2. The van der Waals surface area contributed by atoms with E-state index in [1.807, 2.05) is 0 Å². The van der Waals surface area contributed by atoms with Gasteiger partial charge in [0, 0.05) is 0 Å². The van der Waals surface area contributed by atoms with Crippen LogP contribution in [0.1, 0.15) is 112 Å². The van der Waals surface area contributed by atoms with Crippen molar-refractivity contribution in [2.24, 2.45) is 0 Å². The van der Waals surface area contributed by atoms with Crippen molar-refractivity contribution < 1.29 is 9.47 Å². The Morgan fingerprint density at radius 2 is 0.667 bits per heavy atom. The van der Waals surface area contributed by atoms with E-state index in [1.54, 1.807) is 0 Å². The zero-order valence-corrected chi connectivity index (χ0v) is 25.8. The molecule has 0 amide bonds. The number of rotatable bonds is 4. The summed E-state index contributed by atoms with van der Waals surface area (Å²) in [6.07, 6.45) is 0. The van der Waals surface area contributed by atoms with Crippen LogP contribution < -0.4 is 9.47 Å². The molecule has 0 radical (unpaired) electrons. The SMILES string of the molecule is C[C]([AlH2])(Oc1c(C(C)(C)C)cccc1C(C)(C)C)Oc1c(C(C)(C)C)cccc1C(C)(C)C. The van der Waals surface area contributed by atoms with Crippen LogP contribution in [0.25, 0.3) is 0 Å². The molecular weight excluding hydrogens is 419 g/mol. The molecule has 0 unspecified atom stereocenters. The monoisotopic (exact) mass is 466 g/mol. The van der Waals surface area contributed by atoms with Crippen LogP contribution in [0, 0.1) is 0 Å². The van der Waals surface area contributed by atoms with Crippen LogP contribution in [-0.2, 0) is 21.7 Å². The van der Waals surface area contributed by atoms with Crippen molar-refractivity contribution >= 4 is 16.3 Å². The predicted molar refractivity (Wildman–Crippen MR) is 146 cm³/mol. The van der Waals surface area contributed by atoms with Gasteiger partial charge in [-0.1, -0.05) is 119 Å². The van der Waals surface area contributed by atoms with Crippen LogP contribution in [-0.4, -0.2) is 20.9 Å². The third-order valence-electron chi connectivity index (χ3n) is 5.96. The molecule has 0 aromatic heterocycles. The van der Waals surface area contributed by atoms with Gasteiger partial charge in [-0.25, -0.2) is 0 Å². The smallest absolute Gasteiger partial charge is 0.349 e. The summed E-state index contributed by atoms with van der Waals surface area (Å²) >= 11 is 0.712. The van der Waals surface area contributed by atoms with Crippen molar-refractivity contribution in [2.75, 3.05) is 0 Å². The molecule has 33 heavy (non-hydrogen) atoms. The van der Waals surface area contributed by atoms with Gasteiger partial charge >= 0.3 is 16.3 Å². The summed E-state index contributed by atoms with van der Waals surface area (Å²) in [6.45, 7) is 29.1. The first kappa shape index (κ1) is 27.8. The van der Waals surface area contributed by atoms with Crippen LogP contribution in [0.4, 0.5) is 0 Å². The van der Waals surface area contributed by atoms with Gasteiger partial charge in [0.1, 0.15) is 11.5 Å². The molecule has 0 N–H and O–H groups in total. The number of hydrogen-bond acceptors (Lipinski definition) is 2. The average Bonchev–Trinajstić information content (AvgIpc) is 2.57. The second kappa shape index (κ2) is 8.98. The lowest BCUT2D eigenvalue weighted by Crippen LogP contribution is -2.42. The lowest BCUT2D eigenvalue weighted by atomic mass is 9.79. The fourth-order valence-corrected chi connectivity index (χ4v) is 4.58. The van der Waals surface area contributed by atoms with Crippen molar-refractivity contribution in [3.63, 3.8) is 0 Å². The Labute approximate surface area is 211 Å². The van der Waals surface area contributed by atoms with Gasteiger partial charge in [0.05, 0.1) is 0 Å². The highest BCUT2D eigenvalue weighted by molar-refractivity contribution is 6.13. The largest absolute Gasteiger partial charge is 0.469 e. The Balaban J connectivity index is 2.67. The first-order valence-electron chi connectivity index (χ1n) is 12.3. The third-order valence-corrected chi connectivity index (χ3v) is 6.37. The molecule has 0 atom stereocenters. The van der Waals surface area contributed by atoms with Crippen molar-refractivity contribution in [3.8, 4) is 11.5 Å². The highest BCUT2D eigenvalue weighted by atomic mass is 27.0. The summed E-state index contributed by atoms with van der Waals surface area (Å²) in [4.78, 5) is 0. The van der Waals surface area contributed by atoms with E-state index in [0.717, 1.165) is 11.5 Å². The molecule has 0 aliphatic heterocycles.